The third-order valence-electron chi connectivity index (χ3n) is 2.99. The largest absolute Gasteiger partial charge is 0.494 e. The minimum atomic E-state index is -0.249. The number of benzene rings is 1. The summed E-state index contributed by atoms with van der Waals surface area (Å²) in [6.07, 6.45) is 2.84. The van der Waals surface area contributed by atoms with Crippen molar-refractivity contribution in [1.29, 1.82) is 0 Å². The first-order valence-electron chi connectivity index (χ1n) is 7.58. The molecule has 6 heteroatoms. The minimum Gasteiger partial charge on any atom is -0.494 e. The minimum absolute atomic E-state index is 0.249. The molecule has 0 spiro atoms. The van der Waals surface area contributed by atoms with Crippen molar-refractivity contribution in [3.05, 3.63) is 30.1 Å². The lowest BCUT2D eigenvalue weighted by Gasteiger charge is -2.11. The zero-order valence-corrected chi connectivity index (χ0v) is 13.4. The van der Waals surface area contributed by atoms with Gasteiger partial charge < -0.3 is 20.1 Å². The van der Waals surface area contributed by atoms with Gasteiger partial charge in [0.15, 0.2) is 5.96 Å². The average Bonchev–Trinajstić information content (AvgIpc) is 2.54. The highest BCUT2D eigenvalue weighted by Crippen LogP contribution is 2.11. The molecule has 124 valence electrons. The Bertz CT molecular complexity index is 424. The summed E-state index contributed by atoms with van der Waals surface area (Å²) in [6.45, 7) is 3.02. The van der Waals surface area contributed by atoms with Gasteiger partial charge in [-0.3, -0.25) is 4.99 Å². The second-order valence-corrected chi connectivity index (χ2v) is 4.78. The van der Waals surface area contributed by atoms with Crippen LogP contribution >= 0.6 is 0 Å². The summed E-state index contributed by atoms with van der Waals surface area (Å²) in [7, 11) is 3.45. The van der Waals surface area contributed by atoms with E-state index in [-0.39, 0.29) is 5.82 Å². The van der Waals surface area contributed by atoms with Gasteiger partial charge in [0.05, 0.1) is 6.61 Å². The molecule has 0 aliphatic carbocycles. The van der Waals surface area contributed by atoms with Crippen LogP contribution in [0.1, 0.15) is 19.3 Å². The summed E-state index contributed by atoms with van der Waals surface area (Å²) in [5, 5.41) is 6.46. The van der Waals surface area contributed by atoms with E-state index in [1.54, 1.807) is 26.3 Å². The van der Waals surface area contributed by atoms with Crippen LogP contribution in [0.3, 0.4) is 0 Å². The molecular weight excluding hydrogens is 285 g/mol. The molecule has 0 saturated carbocycles. The van der Waals surface area contributed by atoms with Crippen LogP contribution < -0.4 is 15.4 Å². The quantitative estimate of drug-likeness (QED) is 0.395. The molecule has 1 aromatic rings. The first-order valence-corrected chi connectivity index (χ1v) is 7.58. The first-order chi connectivity index (χ1) is 10.8. The van der Waals surface area contributed by atoms with Crippen LogP contribution in [0.2, 0.25) is 0 Å². The summed E-state index contributed by atoms with van der Waals surface area (Å²) in [5.41, 5.74) is 0. The molecule has 2 N–H and O–H groups in total. The summed E-state index contributed by atoms with van der Waals surface area (Å²) in [6, 6.07) is 6.07. The summed E-state index contributed by atoms with van der Waals surface area (Å²) >= 11 is 0. The fourth-order valence-electron chi connectivity index (χ4n) is 1.80. The third kappa shape index (κ3) is 8.46. The van der Waals surface area contributed by atoms with E-state index < -0.39 is 0 Å². The molecule has 0 saturated heterocycles. The Morgan fingerprint density at radius 1 is 1.05 bits per heavy atom. The maximum absolute atomic E-state index is 12.7. The molecule has 0 aromatic heterocycles. The van der Waals surface area contributed by atoms with Crippen LogP contribution in [-0.4, -0.2) is 46.4 Å². The molecule has 0 heterocycles. The normalized spacial score (nSPS) is 11.3. The molecular formula is C16H26FN3O2. The van der Waals surface area contributed by atoms with E-state index in [0.29, 0.717) is 12.4 Å². The highest BCUT2D eigenvalue weighted by molar-refractivity contribution is 5.79. The van der Waals surface area contributed by atoms with E-state index in [4.69, 9.17) is 9.47 Å². The van der Waals surface area contributed by atoms with Crippen molar-refractivity contribution in [2.24, 2.45) is 4.99 Å². The second-order valence-electron chi connectivity index (χ2n) is 4.78. The number of halogens is 1. The lowest BCUT2D eigenvalue weighted by atomic mass is 10.3. The zero-order chi connectivity index (χ0) is 16.0. The van der Waals surface area contributed by atoms with Crippen molar-refractivity contribution in [2.45, 2.75) is 19.3 Å². The Morgan fingerprint density at radius 2 is 1.73 bits per heavy atom. The highest BCUT2D eigenvalue weighted by atomic mass is 19.1. The molecule has 1 aromatic carbocycles. The van der Waals surface area contributed by atoms with Crippen molar-refractivity contribution in [1.82, 2.24) is 10.6 Å². The molecule has 0 radical (unpaired) electrons. The molecule has 0 bridgehead atoms. The van der Waals surface area contributed by atoms with Gasteiger partial charge in [0, 0.05) is 33.9 Å². The molecule has 0 aliphatic rings. The van der Waals surface area contributed by atoms with Crippen LogP contribution in [0.15, 0.2) is 29.3 Å². The topological polar surface area (TPSA) is 54.9 Å². The maximum Gasteiger partial charge on any atom is 0.190 e. The fraction of sp³-hybridized carbons (Fsp3) is 0.562. The third-order valence-corrected chi connectivity index (χ3v) is 2.99. The van der Waals surface area contributed by atoms with E-state index in [0.717, 1.165) is 44.9 Å². The summed E-state index contributed by atoms with van der Waals surface area (Å²) in [5.74, 6) is 1.25. The lowest BCUT2D eigenvalue weighted by molar-refractivity contribution is 0.195. The van der Waals surface area contributed by atoms with Gasteiger partial charge in [0.25, 0.3) is 0 Å². The molecule has 0 unspecified atom stereocenters. The van der Waals surface area contributed by atoms with Crippen LogP contribution in [0.25, 0.3) is 0 Å². The number of nitrogens with zero attached hydrogens (tertiary/aromatic N) is 1. The summed E-state index contributed by atoms with van der Waals surface area (Å²) in [4.78, 5) is 4.15. The second kappa shape index (κ2) is 11.8. The van der Waals surface area contributed by atoms with Crippen molar-refractivity contribution >= 4 is 5.96 Å². The predicted molar refractivity (Wildman–Crippen MR) is 87.0 cm³/mol. The number of nitrogens with one attached hydrogen (secondary N) is 2. The van der Waals surface area contributed by atoms with Gasteiger partial charge in [-0.05, 0) is 43.5 Å². The van der Waals surface area contributed by atoms with Crippen LogP contribution in [0, 0.1) is 5.82 Å². The van der Waals surface area contributed by atoms with Gasteiger partial charge in [0.1, 0.15) is 11.6 Å². The van der Waals surface area contributed by atoms with E-state index in [1.165, 1.54) is 12.1 Å². The lowest BCUT2D eigenvalue weighted by Crippen LogP contribution is -2.38. The SMILES string of the molecule is CN=C(NCCCCOc1ccc(F)cc1)NCCCOC. The Morgan fingerprint density at radius 3 is 2.36 bits per heavy atom. The van der Waals surface area contributed by atoms with Gasteiger partial charge in [-0.15, -0.1) is 0 Å². The van der Waals surface area contributed by atoms with Gasteiger partial charge in [-0.1, -0.05) is 0 Å². The van der Waals surface area contributed by atoms with Gasteiger partial charge in [-0.2, -0.15) is 0 Å². The number of aliphatic imine (C=N–C) groups is 1. The smallest absolute Gasteiger partial charge is 0.190 e. The van der Waals surface area contributed by atoms with Crippen molar-refractivity contribution in [3.63, 3.8) is 0 Å². The molecule has 0 atom stereocenters. The fourth-order valence-corrected chi connectivity index (χ4v) is 1.80. The van der Waals surface area contributed by atoms with Crippen molar-refractivity contribution in [2.75, 3.05) is 40.5 Å². The number of methoxy groups -OCH3 is 1. The Kier molecular flexibility index (Phi) is 9.78. The Balaban J connectivity index is 2.02. The number of guanidine groups is 1. The molecule has 22 heavy (non-hydrogen) atoms. The number of rotatable bonds is 10. The van der Waals surface area contributed by atoms with Gasteiger partial charge in [0.2, 0.25) is 0 Å². The van der Waals surface area contributed by atoms with Crippen LogP contribution in [-0.2, 0) is 4.74 Å². The van der Waals surface area contributed by atoms with E-state index >= 15 is 0 Å². The van der Waals surface area contributed by atoms with Crippen LogP contribution in [0.4, 0.5) is 4.39 Å². The van der Waals surface area contributed by atoms with Crippen molar-refractivity contribution < 1.29 is 13.9 Å². The molecule has 0 aliphatic heterocycles. The monoisotopic (exact) mass is 311 g/mol. The standard InChI is InChI=1S/C16H26FN3O2/c1-18-16(20-11-5-12-21-2)19-10-3-4-13-22-15-8-6-14(17)7-9-15/h6-9H,3-5,10-13H2,1-2H3,(H2,18,19,20). The van der Waals surface area contributed by atoms with E-state index in [2.05, 4.69) is 15.6 Å². The molecule has 0 fully saturated rings. The van der Waals surface area contributed by atoms with Gasteiger partial charge in [-0.25, -0.2) is 4.39 Å². The summed E-state index contributed by atoms with van der Waals surface area (Å²) < 4.78 is 23.3. The number of hydrogen-bond donors (Lipinski definition) is 2. The number of hydrogen-bond acceptors (Lipinski definition) is 3. The van der Waals surface area contributed by atoms with Gasteiger partial charge >= 0.3 is 0 Å². The number of unbranched alkanes of at least 4 members (excludes halogenated alkanes) is 1. The highest BCUT2D eigenvalue weighted by Gasteiger charge is 1.97. The van der Waals surface area contributed by atoms with Crippen LogP contribution in [0.5, 0.6) is 5.75 Å². The Hall–Kier alpha value is -1.82. The average molecular weight is 311 g/mol. The maximum atomic E-state index is 12.7. The molecule has 1 rings (SSSR count). The predicted octanol–water partition coefficient (Wildman–Crippen LogP) is 2.19. The van der Waals surface area contributed by atoms with Crippen molar-refractivity contribution in [3.8, 4) is 5.75 Å². The molecule has 0 amide bonds. The molecule has 5 nitrogen and oxygen atoms in total. The Labute approximate surface area is 131 Å². The van der Waals surface area contributed by atoms with E-state index in [1.807, 2.05) is 0 Å². The number of ether oxygens (including phenoxy) is 2. The first kappa shape index (κ1) is 18.2. The van der Waals surface area contributed by atoms with E-state index in [9.17, 15) is 4.39 Å². The zero-order valence-electron chi connectivity index (χ0n) is 13.4.